The molecule has 2 aromatic carbocycles. The van der Waals surface area contributed by atoms with Crippen LogP contribution in [0.5, 0.6) is 0 Å². The third-order valence-electron chi connectivity index (χ3n) is 3.27. The zero-order chi connectivity index (χ0) is 14.4. The van der Waals surface area contributed by atoms with Crippen molar-refractivity contribution in [3.05, 3.63) is 71.3 Å². The highest BCUT2D eigenvalue weighted by Crippen LogP contribution is 2.13. The van der Waals surface area contributed by atoms with Gasteiger partial charge in [0.25, 0.3) is 5.91 Å². The standard InChI is InChI=1S/C17H20N2O/c1-13(15-7-3-2-4-8-15)19-17(20)16-9-5-6-14(12-16)10-11-18/h2-9,12-13H,10-11,18H2,1H3,(H,19,20). The molecule has 1 atom stereocenters. The Morgan fingerprint density at radius 1 is 1.15 bits per heavy atom. The highest BCUT2D eigenvalue weighted by Gasteiger charge is 2.11. The molecule has 1 unspecified atom stereocenters. The van der Waals surface area contributed by atoms with E-state index in [1.54, 1.807) is 0 Å². The third kappa shape index (κ3) is 3.68. The van der Waals surface area contributed by atoms with Gasteiger partial charge in [0.05, 0.1) is 6.04 Å². The molecule has 0 saturated heterocycles. The highest BCUT2D eigenvalue weighted by molar-refractivity contribution is 5.94. The average molecular weight is 268 g/mol. The van der Waals surface area contributed by atoms with Gasteiger partial charge in [-0.2, -0.15) is 0 Å². The summed E-state index contributed by atoms with van der Waals surface area (Å²) in [5.41, 5.74) is 8.41. The van der Waals surface area contributed by atoms with Crippen LogP contribution in [-0.4, -0.2) is 12.5 Å². The fourth-order valence-corrected chi connectivity index (χ4v) is 2.14. The number of nitrogens with two attached hydrogens (primary N) is 1. The van der Waals surface area contributed by atoms with Gasteiger partial charge in [-0.25, -0.2) is 0 Å². The Kier molecular flexibility index (Phi) is 4.91. The molecular weight excluding hydrogens is 248 g/mol. The van der Waals surface area contributed by atoms with Crippen LogP contribution < -0.4 is 11.1 Å². The number of hydrogen-bond donors (Lipinski definition) is 2. The first-order valence-corrected chi connectivity index (χ1v) is 6.85. The lowest BCUT2D eigenvalue weighted by Gasteiger charge is -2.14. The Balaban J connectivity index is 2.06. The number of carbonyl (C=O) groups excluding carboxylic acids is 1. The van der Waals surface area contributed by atoms with Crippen LogP contribution in [0.2, 0.25) is 0 Å². The molecule has 0 aliphatic rings. The lowest BCUT2D eigenvalue weighted by Crippen LogP contribution is -2.26. The minimum atomic E-state index is -0.0553. The monoisotopic (exact) mass is 268 g/mol. The van der Waals surface area contributed by atoms with Gasteiger partial charge in [0.1, 0.15) is 0 Å². The summed E-state index contributed by atoms with van der Waals surface area (Å²) in [6.45, 7) is 2.57. The molecule has 3 N–H and O–H groups in total. The molecule has 0 aliphatic heterocycles. The van der Waals surface area contributed by atoms with Crippen molar-refractivity contribution >= 4 is 5.91 Å². The second-order valence-corrected chi connectivity index (χ2v) is 4.84. The van der Waals surface area contributed by atoms with E-state index in [0.29, 0.717) is 12.1 Å². The molecule has 1 amide bonds. The van der Waals surface area contributed by atoms with Gasteiger partial charge in [-0.1, -0.05) is 42.5 Å². The molecule has 0 bridgehead atoms. The van der Waals surface area contributed by atoms with Crippen LogP contribution in [0.4, 0.5) is 0 Å². The van der Waals surface area contributed by atoms with Crippen molar-refractivity contribution in [3.8, 4) is 0 Å². The molecule has 3 nitrogen and oxygen atoms in total. The highest BCUT2D eigenvalue weighted by atomic mass is 16.1. The van der Waals surface area contributed by atoms with Gasteiger partial charge >= 0.3 is 0 Å². The lowest BCUT2D eigenvalue weighted by molar-refractivity contribution is 0.0940. The normalized spacial score (nSPS) is 11.9. The third-order valence-corrected chi connectivity index (χ3v) is 3.27. The van der Waals surface area contributed by atoms with E-state index in [1.165, 1.54) is 0 Å². The molecule has 0 aliphatic carbocycles. The van der Waals surface area contributed by atoms with Crippen LogP contribution in [0.1, 0.15) is 34.5 Å². The molecule has 2 aromatic rings. The van der Waals surface area contributed by atoms with Crippen molar-refractivity contribution in [2.45, 2.75) is 19.4 Å². The lowest BCUT2D eigenvalue weighted by atomic mass is 10.1. The van der Waals surface area contributed by atoms with Gasteiger partial charge in [-0.3, -0.25) is 4.79 Å². The molecule has 0 fully saturated rings. The SMILES string of the molecule is CC(NC(=O)c1cccc(CCN)c1)c1ccccc1. The summed E-state index contributed by atoms with van der Waals surface area (Å²) in [6, 6.07) is 17.5. The quantitative estimate of drug-likeness (QED) is 0.876. The average Bonchev–Trinajstić information content (AvgIpc) is 2.48. The predicted octanol–water partition coefficient (Wildman–Crippen LogP) is 2.68. The molecule has 2 rings (SSSR count). The maximum absolute atomic E-state index is 12.2. The molecule has 0 radical (unpaired) electrons. The Hall–Kier alpha value is -2.13. The van der Waals surface area contributed by atoms with Gasteiger partial charge in [0.2, 0.25) is 0 Å². The molecule has 0 saturated carbocycles. The van der Waals surface area contributed by atoms with Crippen LogP contribution in [0.15, 0.2) is 54.6 Å². The number of amides is 1. The second kappa shape index (κ2) is 6.87. The Morgan fingerprint density at radius 2 is 1.90 bits per heavy atom. The van der Waals surface area contributed by atoms with E-state index in [0.717, 1.165) is 17.5 Å². The van der Waals surface area contributed by atoms with E-state index in [2.05, 4.69) is 5.32 Å². The summed E-state index contributed by atoms with van der Waals surface area (Å²) in [4.78, 5) is 12.2. The van der Waals surface area contributed by atoms with Crippen LogP contribution in [-0.2, 0) is 6.42 Å². The first kappa shape index (κ1) is 14.3. The predicted molar refractivity (Wildman–Crippen MR) is 81.5 cm³/mol. The zero-order valence-electron chi connectivity index (χ0n) is 11.7. The van der Waals surface area contributed by atoms with E-state index in [4.69, 9.17) is 5.73 Å². The Morgan fingerprint density at radius 3 is 2.60 bits per heavy atom. The molecular formula is C17H20N2O. The van der Waals surface area contributed by atoms with Crippen LogP contribution in [0, 0.1) is 0 Å². The topological polar surface area (TPSA) is 55.1 Å². The minimum absolute atomic E-state index is 0.0122. The fourth-order valence-electron chi connectivity index (χ4n) is 2.14. The van der Waals surface area contributed by atoms with Gasteiger partial charge in [-0.15, -0.1) is 0 Å². The molecule has 104 valence electrons. The minimum Gasteiger partial charge on any atom is -0.346 e. The van der Waals surface area contributed by atoms with Crippen LogP contribution in [0.3, 0.4) is 0 Å². The summed E-state index contributed by atoms with van der Waals surface area (Å²) >= 11 is 0. The number of benzene rings is 2. The first-order chi connectivity index (χ1) is 9.70. The Bertz CT molecular complexity index is 566. The van der Waals surface area contributed by atoms with Crippen LogP contribution in [0.25, 0.3) is 0 Å². The number of nitrogens with one attached hydrogen (secondary N) is 1. The number of carbonyl (C=O) groups is 1. The van der Waals surface area contributed by atoms with E-state index in [-0.39, 0.29) is 11.9 Å². The van der Waals surface area contributed by atoms with E-state index >= 15 is 0 Å². The van der Waals surface area contributed by atoms with Gasteiger partial charge in [0.15, 0.2) is 0 Å². The van der Waals surface area contributed by atoms with Crippen LogP contribution >= 0.6 is 0 Å². The van der Waals surface area contributed by atoms with Gasteiger partial charge in [0, 0.05) is 5.56 Å². The summed E-state index contributed by atoms with van der Waals surface area (Å²) in [6.07, 6.45) is 0.787. The van der Waals surface area contributed by atoms with Crippen molar-refractivity contribution in [2.24, 2.45) is 5.73 Å². The van der Waals surface area contributed by atoms with Crippen molar-refractivity contribution < 1.29 is 4.79 Å². The van der Waals surface area contributed by atoms with E-state index in [1.807, 2.05) is 61.5 Å². The van der Waals surface area contributed by atoms with Crippen molar-refractivity contribution in [1.82, 2.24) is 5.32 Å². The zero-order valence-corrected chi connectivity index (χ0v) is 11.7. The van der Waals surface area contributed by atoms with E-state index < -0.39 is 0 Å². The summed E-state index contributed by atoms with van der Waals surface area (Å²) < 4.78 is 0. The van der Waals surface area contributed by atoms with Crippen molar-refractivity contribution in [1.29, 1.82) is 0 Å². The smallest absolute Gasteiger partial charge is 0.251 e. The molecule has 3 heteroatoms. The largest absolute Gasteiger partial charge is 0.346 e. The Labute approximate surface area is 119 Å². The van der Waals surface area contributed by atoms with Crippen molar-refractivity contribution in [3.63, 3.8) is 0 Å². The second-order valence-electron chi connectivity index (χ2n) is 4.84. The van der Waals surface area contributed by atoms with Crippen molar-refractivity contribution in [2.75, 3.05) is 6.54 Å². The number of hydrogen-bond acceptors (Lipinski definition) is 2. The molecule has 0 aromatic heterocycles. The molecule has 0 heterocycles. The fraction of sp³-hybridized carbons (Fsp3) is 0.235. The summed E-state index contributed by atoms with van der Waals surface area (Å²) in [5, 5.41) is 3.01. The molecule has 0 spiro atoms. The maximum atomic E-state index is 12.2. The first-order valence-electron chi connectivity index (χ1n) is 6.85. The maximum Gasteiger partial charge on any atom is 0.251 e. The van der Waals surface area contributed by atoms with Gasteiger partial charge in [-0.05, 0) is 43.1 Å². The summed E-state index contributed by atoms with van der Waals surface area (Å²) in [5.74, 6) is -0.0553. The number of rotatable bonds is 5. The summed E-state index contributed by atoms with van der Waals surface area (Å²) in [7, 11) is 0. The van der Waals surface area contributed by atoms with E-state index in [9.17, 15) is 4.79 Å². The van der Waals surface area contributed by atoms with Gasteiger partial charge < -0.3 is 11.1 Å². The molecule has 20 heavy (non-hydrogen) atoms.